The smallest absolute Gasteiger partial charge is 0.258 e. The molecule has 3 aromatic rings. The van der Waals surface area contributed by atoms with Crippen molar-refractivity contribution in [2.75, 3.05) is 18.5 Å². The first-order chi connectivity index (χ1) is 13.5. The molecule has 146 valence electrons. The Morgan fingerprint density at radius 1 is 1.07 bits per heavy atom. The predicted octanol–water partition coefficient (Wildman–Crippen LogP) is 2.92. The Labute approximate surface area is 167 Å². The standard InChI is InChI=1S/C21H21ClN2O4/c1-13(14-5-7-15(22)8-6-14)20(27)23-19-4-2-3-18-17(19)9-10-24(21(18)28)16(11-25)12-26/h2-10,13,16,25-26H,11-12H2,1H3,(H,23,27). The summed E-state index contributed by atoms with van der Waals surface area (Å²) in [5.41, 5.74) is 1.02. The summed E-state index contributed by atoms with van der Waals surface area (Å²) in [6.45, 7) is 1.09. The van der Waals surface area contributed by atoms with E-state index in [0.29, 0.717) is 21.5 Å². The highest BCUT2D eigenvalue weighted by molar-refractivity contribution is 6.30. The molecule has 2 aromatic carbocycles. The molecule has 6 nitrogen and oxygen atoms in total. The van der Waals surface area contributed by atoms with Gasteiger partial charge in [-0.25, -0.2) is 0 Å². The fourth-order valence-corrected chi connectivity index (χ4v) is 3.19. The number of carbonyl (C=O) groups excluding carboxylic acids is 1. The summed E-state index contributed by atoms with van der Waals surface area (Å²) >= 11 is 5.90. The van der Waals surface area contributed by atoms with Gasteiger partial charge >= 0.3 is 0 Å². The molecule has 1 amide bonds. The van der Waals surface area contributed by atoms with Crippen molar-refractivity contribution in [3.8, 4) is 0 Å². The monoisotopic (exact) mass is 400 g/mol. The minimum atomic E-state index is -0.708. The Hall–Kier alpha value is -2.67. The van der Waals surface area contributed by atoms with E-state index in [4.69, 9.17) is 11.6 Å². The van der Waals surface area contributed by atoms with Gasteiger partial charge in [-0.1, -0.05) is 29.8 Å². The van der Waals surface area contributed by atoms with Crippen LogP contribution in [0.3, 0.4) is 0 Å². The van der Waals surface area contributed by atoms with Crippen molar-refractivity contribution in [2.45, 2.75) is 18.9 Å². The topological polar surface area (TPSA) is 91.6 Å². The number of halogens is 1. The van der Waals surface area contributed by atoms with Crippen LogP contribution >= 0.6 is 11.6 Å². The lowest BCUT2D eigenvalue weighted by Crippen LogP contribution is -2.29. The fraction of sp³-hybridized carbons (Fsp3) is 0.238. The zero-order chi connectivity index (χ0) is 20.3. The average Bonchev–Trinajstić information content (AvgIpc) is 2.71. The van der Waals surface area contributed by atoms with Crippen LogP contribution in [0.25, 0.3) is 10.8 Å². The molecule has 1 heterocycles. The zero-order valence-corrected chi connectivity index (χ0v) is 16.1. The third-order valence-electron chi connectivity index (χ3n) is 4.81. The minimum absolute atomic E-state index is 0.206. The van der Waals surface area contributed by atoms with Gasteiger partial charge < -0.3 is 20.1 Å². The van der Waals surface area contributed by atoms with Gasteiger partial charge in [-0.15, -0.1) is 0 Å². The molecule has 0 spiro atoms. The van der Waals surface area contributed by atoms with E-state index in [2.05, 4.69) is 5.32 Å². The van der Waals surface area contributed by atoms with Gasteiger partial charge in [-0.05, 0) is 42.8 Å². The second-order valence-corrected chi connectivity index (χ2v) is 7.01. The van der Waals surface area contributed by atoms with E-state index in [0.717, 1.165) is 5.56 Å². The SMILES string of the molecule is CC(C(=O)Nc1cccc2c(=O)n(C(CO)CO)ccc12)c1ccc(Cl)cc1. The Morgan fingerprint density at radius 2 is 1.75 bits per heavy atom. The third kappa shape index (κ3) is 3.94. The van der Waals surface area contributed by atoms with Gasteiger partial charge in [0.1, 0.15) is 0 Å². The number of aliphatic hydroxyl groups is 2. The van der Waals surface area contributed by atoms with Crippen molar-refractivity contribution >= 4 is 34.0 Å². The number of pyridine rings is 1. The van der Waals surface area contributed by atoms with Crippen molar-refractivity contribution in [3.63, 3.8) is 0 Å². The van der Waals surface area contributed by atoms with Gasteiger partial charge in [-0.2, -0.15) is 0 Å². The number of anilines is 1. The van der Waals surface area contributed by atoms with E-state index in [1.165, 1.54) is 10.8 Å². The van der Waals surface area contributed by atoms with Crippen LogP contribution in [0.5, 0.6) is 0 Å². The van der Waals surface area contributed by atoms with Crippen molar-refractivity contribution in [3.05, 3.63) is 75.7 Å². The molecule has 0 aliphatic carbocycles. The van der Waals surface area contributed by atoms with E-state index in [-0.39, 0.29) is 24.7 Å². The number of benzene rings is 2. The second-order valence-electron chi connectivity index (χ2n) is 6.58. The van der Waals surface area contributed by atoms with Crippen LogP contribution in [0.1, 0.15) is 24.4 Å². The molecule has 0 aliphatic rings. The Balaban J connectivity index is 1.93. The number of fused-ring (bicyclic) bond motifs is 1. The lowest BCUT2D eigenvalue weighted by atomic mass is 10.00. The fourth-order valence-electron chi connectivity index (χ4n) is 3.07. The van der Waals surface area contributed by atoms with Crippen molar-refractivity contribution in [2.24, 2.45) is 0 Å². The maximum atomic E-state index is 12.7. The first-order valence-electron chi connectivity index (χ1n) is 8.88. The Morgan fingerprint density at radius 3 is 2.39 bits per heavy atom. The second kappa shape index (κ2) is 8.56. The molecule has 7 heteroatoms. The Bertz CT molecular complexity index is 1040. The molecule has 3 rings (SSSR count). The number of nitrogens with zero attached hydrogens (tertiary/aromatic N) is 1. The molecule has 1 unspecified atom stereocenters. The van der Waals surface area contributed by atoms with Gasteiger partial charge in [0.05, 0.1) is 25.2 Å². The number of rotatable bonds is 6. The van der Waals surface area contributed by atoms with Gasteiger partial charge in [-0.3, -0.25) is 9.59 Å². The Kier molecular flexibility index (Phi) is 6.14. The highest BCUT2D eigenvalue weighted by Gasteiger charge is 2.18. The molecule has 1 aromatic heterocycles. The van der Waals surface area contributed by atoms with Crippen LogP contribution < -0.4 is 10.9 Å². The number of amides is 1. The first-order valence-corrected chi connectivity index (χ1v) is 9.26. The highest BCUT2D eigenvalue weighted by Crippen LogP contribution is 2.24. The number of carbonyl (C=O) groups is 1. The maximum absolute atomic E-state index is 12.7. The predicted molar refractivity (Wildman–Crippen MR) is 110 cm³/mol. The molecule has 3 N–H and O–H groups in total. The quantitative estimate of drug-likeness (QED) is 0.593. The molecule has 1 atom stereocenters. The van der Waals surface area contributed by atoms with Crippen LogP contribution in [0.15, 0.2) is 59.5 Å². The third-order valence-corrected chi connectivity index (χ3v) is 5.06. The van der Waals surface area contributed by atoms with Gasteiger partial charge in [0.15, 0.2) is 0 Å². The van der Waals surface area contributed by atoms with Gasteiger partial charge in [0.25, 0.3) is 5.56 Å². The number of nitrogens with one attached hydrogen (secondary N) is 1. The van der Waals surface area contributed by atoms with Crippen LogP contribution in [0.4, 0.5) is 5.69 Å². The van der Waals surface area contributed by atoms with E-state index < -0.39 is 12.0 Å². The summed E-state index contributed by atoms with van der Waals surface area (Å²) < 4.78 is 1.30. The molecule has 0 bridgehead atoms. The number of aliphatic hydroxyl groups excluding tert-OH is 2. The number of hydrogen-bond donors (Lipinski definition) is 3. The van der Waals surface area contributed by atoms with Crippen molar-refractivity contribution < 1.29 is 15.0 Å². The summed E-state index contributed by atoms with van der Waals surface area (Å²) in [6.07, 6.45) is 1.51. The van der Waals surface area contributed by atoms with E-state index >= 15 is 0 Å². The van der Waals surface area contributed by atoms with E-state index in [1.54, 1.807) is 55.5 Å². The highest BCUT2D eigenvalue weighted by atomic mass is 35.5. The largest absolute Gasteiger partial charge is 0.394 e. The van der Waals surface area contributed by atoms with Crippen LogP contribution in [0, 0.1) is 0 Å². The van der Waals surface area contributed by atoms with Crippen molar-refractivity contribution in [1.29, 1.82) is 0 Å². The molecule has 0 aliphatic heterocycles. The molecule has 0 saturated carbocycles. The zero-order valence-electron chi connectivity index (χ0n) is 15.3. The normalized spacial score (nSPS) is 12.3. The van der Waals surface area contributed by atoms with Crippen molar-refractivity contribution in [1.82, 2.24) is 4.57 Å². The van der Waals surface area contributed by atoms with Gasteiger partial charge in [0.2, 0.25) is 5.91 Å². The van der Waals surface area contributed by atoms with Crippen LogP contribution in [-0.2, 0) is 4.79 Å². The lowest BCUT2D eigenvalue weighted by Gasteiger charge is -2.17. The summed E-state index contributed by atoms with van der Waals surface area (Å²) in [5, 5.41) is 23.2. The summed E-state index contributed by atoms with van der Waals surface area (Å²) in [7, 11) is 0. The van der Waals surface area contributed by atoms with Crippen LogP contribution in [-0.4, -0.2) is 33.9 Å². The first kappa shape index (κ1) is 20.1. The summed E-state index contributed by atoms with van der Waals surface area (Å²) in [5.74, 6) is -0.608. The molecule has 28 heavy (non-hydrogen) atoms. The molecular weight excluding hydrogens is 380 g/mol. The summed E-state index contributed by atoms with van der Waals surface area (Å²) in [4.78, 5) is 25.4. The molecule has 0 fully saturated rings. The number of hydrogen-bond acceptors (Lipinski definition) is 4. The number of aromatic nitrogens is 1. The summed E-state index contributed by atoms with van der Waals surface area (Å²) in [6, 6.07) is 13.1. The molecular formula is C21H21ClN2O4. The van der Waals surface area contributed by atoms with E-state index in [1.807, 2.05) is 0 Å². The van der Waals surface area contributed by atoms with Crippen LogP contribution in [0.2, 0.25) is 5.02 Å². The van der Waals surface area contributed by atoms with Gasteiger partial charge in [0, 0.05) is 27.7 Å². The average molecular weight is 401 g/mol. The van der Waals surface area contributed by atoms with E-state index in [9.17, 15) is 19.8 Å². The minimum Gasteiger partial charge on any atom is -0.394 e. The maximum Gasteiger partial charge on any atom is 0.258 e. The lowest BCUT2D eigenvalue weighted by molar-refractivity contribution is -0.117. The molecule has 0 radical (unpaired) electrons. The molecule has 0 saturated heterocycles.